The van der Waals surface area contributed by atoms with Crippen LogP contribution in [0, 0.1) is 0 Å². The van der Waals surface area contributed by atoms with Crippen molar-refractivity contribution in [2.45, 2.75) is 0 Å². The highest BCUT2D eigenvalue weighted by Crippen LogP contribution is 2.07. The van der Waals surface area contributed by atoms with Gasteiger partial charge in [0.05, 0.1) is 5.70 Å². The fourth-order valence-electron chi connectivity index (χ4n) is 0.942. The zero-order chi connectivity index (χ0) is 8.10. The Bertz CT molecular complexity index is 239. The maximum Gasteiger partial charge on any atom is 0.0568 e. The minimum Gasteiger partial charge on any atom is -0.403 e. The molecule has 0 radical (unpaired) electrons. The fourth-order valence-corrected chi connectivity index (χ4v) is 0.942. The minimum absolute atomic E-state index is 0.950. The van der Waals surface area contributed by atoms with Crippen LogP contribution in [0.4, 0.5) is 0 Å². The van der Waals surface area contributed by atoms with Gasteiger partial charge in [0.2, 0.25) is 0 Å². The van der Waals surface area contributed by atoms with E-state index in [1.165, 1.54) is 0 Å². The van der Waals surface area contributed by atoms with Crippen LogP contribution < -0.4 is 11.1 Å². The van der Waals surface area contributed by atoms with Gasteiger partial charge in [-0.2, -0.15) is 0 Å². The molecule has 0 aliphatic heterocycles. The quantitative estimate of drug-likeness (QED) is 0.660. The predicted molar refractivity (Wildman–Crippen MR) is 47.7 cm³/mol. The van der Waals surface area contributed by atoms with Gasteiger partial charge in [-0.25, -0.2) is 0 Å². The lowest BCUT2D eigenvalue weighted by molar-refractivity contribution is 1.12. The molecule has 0 aliphatic rings. The summed E-state index contributed by atoms with van der Waals surface area (Å²) in [5.74, 6) is 0. The Kier molecular flexibility index (Phi) is 2.55. The van der Waals surface area contributed by atoms with Crippen LogP contribution in [0.15, 0.2) is 36.5 Å². The first-order valence-electron chi connectivity index (χ1n) is 3.53. The van der Waals surface area contributed by atoms with Crippen LogP contribution in [0.1, 0.15) is 5.56 Å². The molecule has 58 valence electrons. The average Bonchev–Trinajstić information content (AvgIpc) is 2.09. The Labute approximate surface area is 66.7 Å². The molecule has 0 unspecified atom stereocenters. The van der Waals surface area contributed by atoms with Crippen LogP contribution in [-0.4, -0.2) is 7.05 Å². The lowest BCUT2D eigenvalue weighted by Gasteiger charge is -2.04. The van der Waals surface area contributed by atoms with Gasteiger partial charge in [-0.1, -0.05) is 30.3 Å². The highest BCUT2D eigenvalue weighted by atomic mass is 14.8. The Morgan fingerprint density at radius 2 is 2.00 bits per heavy atom. The molecule has 11 heavy (non-hydrogen) atoms. The summed E-state index contributed by atoms with van der Waals surface area (Å²) in [6.07, 6.45) is 1.56. The fraction of sp³-hybridized carbons (Fsp3) is 0.111. The zero-order valence-corrected chi connectivity index (χ0v) is 6.54. The van der Waals surface area contributed by atoms with Gasteiger partial charge < -0.3 is 11.1 Å². The molecular formula is C9H12N2. The lowest BCUT2D eigenvalue weighted by atomic mass is 10.2. The Balaban J connectivity index is 2.92. The standard InChI is InChI=1S/C9H12N2/c1-11-9(7-10)8-5-3-2-4-6-8/h2-7,11H,10H2,1H3/b9-7-. The summed E-state index contributed by atoms with van der Waals surface area (Å²) in [7, 11) is 1.85. The number of rotatable bonds is 2. The van der Waals surface area contributed by atoms with Gasteiger partial charge in [-0.15, -0.1) is 0 Å². The average molecular weight is 148 g/mol. The Hall–Kier alpha value is -1.44. The molecule has 1 aromatic carbocycles. The predicted octanol–water partition coefficient (Wildman–Crippen LogP) is 1.16. The van der Waals surface area contributed by atoms with Gasteiger partial charge in [0, 0.05) is 13.2 Å². The molecule has 0 saturated heterocycles. The maximum atomic E-state index is 5.39. The third kappa shape index (κ3) is 1.74. The van der Waals surface area contributed by atoms with E-state index in [1.807, 2.05) is 37.4 Å². The van der Waals surface area contributed by atoms with Crippen molar-refractivity contribution in [2.75, 3.05) is 7.05 Å². The third-order valence-electron chi connectivity index (χ3n) is 1.52. The molecule has 2 heteroatoms. The topological polar surface area (TPSA) is 38.0 Å². The molecule has 0 atom stereocenters. The molecule has 0 fully saturated rings. The molecule has 1 aromatic rings. The second kappa shape index (κ2) is 3.66. The van der Waals surface area contributed by atoms with Crippen LogP contribution in [0.25, 0.3) is 5.70 Å². The van der Waals surface area contributed by atoms with E-state index < -0.39 is 0 Å². The molecule has 0 bridgehead atoms. The molecule has 0 amide bonds. The van der Waals surface area contributed by atoms with Crippen molar-refractivity contribution in [3.05, 3.63) is 42.1 Å². The van der Waals surface area contributed by atoms with Crippen molar-refractivity contribution in [1.82, 2.24) is 5.32 Å². The molecule has 0 heterocycles. The van der Waals surface area contributed by atoms with Crippen molar-refractivity contribution in [2.24, 2.45) is 5.73 Å². The van der Waals surface area contributed by atoms with Crippen molar-refractivity contribution >= 4 is 5.70 Å². The first-order chi connectivity index (χ1) is 5.38. The van der Waals surface area contributed by atoms with Crippen LogP contribution in [0.2, 0.25) is 0 Å². The van der Waals surface area contributed by atoms with Crippen LogP contribution in [-0.2, 0) is 0 Å². The van der Waals surface area contributed by atoms with Crippen LogP contribution >= 0.6 is 0 Å². The van der Waals surface area contributed by atoms with E-state index in [0.29, 0.717) is 0 Å². The molecule has 0 aromatic heterocycles. The second-order valence-electron chi connectivity index (χ2n) is 2.20. The van der Waals surface area contributed by atoms with Gasteiger partial charge in [0.1, 0.15) is 0 Å². The molecule has 3 N–H and O–H groups in total. The van der Waals surface area contributed by atoms with E-state index in [1.54, 1.807) is 6.20 Å². The summed E-state index contributed by atoms with van der Waals surface area (Å²) in [4.78, 5) is 0. The van der Waals surface area contributed by atoms with Crippen molar-refractivity contribution in [3.63, 3.8) is 0 Å². The molecule has 0 aliphatic carbocycles. The molecule has 0 saturated carbocycles. The summed E-state index contributed by atoms with van der Waals surface area (Å²) in [5, 5.41) is 3.00. The first-order valence-corrected chi connectivity index (χ1v) is 3.53. The van der Waals surface area contributed by atoms with Gasteiger partial charge >= 0.3 is 0 Å². The summed E-state index contributed by atoms with van der Waals surface area (Å²) in [6, 6.07) is 9.96. The van der Waals surface area contributed by atoms with E-state index in [4.69, 9.17) is 5.73 Å². The zero-order valence-electron chi connectivity index (χ0n) is 6.54. The van der Waals surface area contributed by atoms with Gasteiger partial charge in [-0.3, -0.25) is 0 Å². The summed E-state index contributed by atoms with van der Waals surface area (Å²) < 4.78 is 0. The van der Waals surface area contributed by atoms with Crippen LogP contribution in [0.5, 0.6) is 0 Å². The highest BCUT2D eigenvalue weighted by Gasteiger charge is 1.93. The number of hydrogen-bond acceptors (Lipinski definition) is 2. The number of nitrogens with two attached hydrogens (primary N) is 1. The summed E-state index contributed by atoms with van der Waals surface area (Å²) in [6.45, 7) is 0. The maximum absolute atomic E-state index is 5.39. The number of nitrogens with one attached hydrogen (secondary N) is 1. The van der Waals surface area contributed by atoms with Gasteiger partial charge in [0.15, 0.2) is 0 Å². The van der Waals surface area contributed by atoms with Crippen molar-refractivity contribution in [3.8, 4) is 0 Å². The third-order valence-corrected chi connectivity index (χ3v) is 1.52. The first kappa shape index (κ1) is 7.66. The van der Waals surface area contributed by atoms with Gasteiger partial charge in [-0.05, 0) is 5.56 Å². The SMILES string of the molecule is CN/C(=C\N)c1ccccc1. The van der Waals surface area contributed by atoms with E-state index in [9.17, 15) is 0 Å². The van der Waals surface area contributed by atoms with E-state index in [2.05, 4.69) is 5.32 Å². The summed E-state index contributed by atoms with van der Waals surface area (Å²) >= 11 is 0. The second-order valence-corrected chi connectivity index (χ2v) is 2.20. The van der Waals surface area contributed by atoms with Gasteiger partial charge in [0.25, 0.3) is 0 Å². The van der Waals surface area contributed by atoms with Crippen molar-refractivity contribution < 1.29 is 0 Å². The van der Waals surface area contributed by atoms with Crippen LogP contribution in [0.3, 0.4) is 0 Å². The molecule has 1 rings (SSSR count). The monoisotopic (exact) mass is 148 g/mol. The van der Waals surface area contributed by atoms with E-state index >= 15 is 0 Å². The normalized spacial score (nSPS) is 11.2. The van der Waals surface area contributed by atoms with E-state index in [0.717, 1.165) is 11.3 Å². The molecular weight excluding hydrogens is 136 g/mol. The Morgan fingerprint density at radius 1 is 1.36 bits per heavy atom. The minimum atomic E-state index is 0.950. The smallest absolute Gasteiger partial charge is 0.0568 e. The molecule has 2 nitrogen and oxygen atoms in total. The summed E-state index contributed by atoms with van der Waals surface area (Å²) in [5.41, 5.74) is 7.45. The number of benzene rings is 1. The molecule has 0 spiro atoms. The van der Waals surface area contributed by atoms with Crippen molar-refractivity contribution in [1.29, 1.82) is 0 Å². The highest BCUT2D eigenvalue weighted by molar-refractivity contribution is 5.62. The largest absolute Gasteiger partial charge is 0.403 e. The Morgan fingerprint density at radius 3 is 2.45 bits per heavy atom. The van der Waals surface area contributed by atoms with E-state index in [-0.39, 0.29) is 0 Å². The lowest BCUT2D eigenvalue weighted by Crippen LogP contribution is -2.06. The number of hydrogen-bond donors (Lipinski definition) is 2.